The van der Waals surface area contributed by atoms with E-state index in [-0.39, 0.29) is 5.82 Å². The van der Waals surface area contributed by atoms with E-state index in [1.165, 1.54) is 12.1 Å². The van der Waals surface area contributed by atoms with Gasteiger partial charge in [0.15, 0.2) is 5.65 Å². The van der Waals surface area contributed by atoms with Crippen molar-refractivity contribution in [1.29, 1.82) is 0 Å². The summed E-state index contributed by atoms with van der Waals surface area (Å²) in [6, 6.07) is 8.21. The van der Waals surface area contributed by atoms with Crippen molar-refractivity contribution in [2.75, 3.05) is 11.1 Å². The van der Waals surface area contributed by atoms with Crippen molar-refractivity contribution in [3.05, 3.63) is 53.5 Å². The van der Waals surface area contributed by atoms with Gasteiger partial charge in [0.25, 0.3) is 0 Å². The summed E-state index contributed by atoms with van der Waals surface area (Å²) in [6.07, 6.45) is 3.74. The van der Waals surface area contributed by atoms with E-state index in [9.17, 15) is 4.39 Å². The first kappa shape index (κ1) is 14.3. The molecule has 3 rings (SSSR count). The molecular formula is C16H18FN5. The number of aromatic nitrogens is 3. The molecule has 0 spiro atoms. The first-order valence-corrected chi connectivity index (χ1v) is 7.29. The van der Waals surface area contributed by atoms with Gasteiger partial charge in [-0.05, 0) is 24.1 Å². The Hall–Kier alpha value is -2.63. The Bertz CT molecular complexity index is 796. The van der Waals surface area contributed by atoms with Crippen molar-refractivity contribution < 1.29 is 4.39 Å². The lowest BCUT2D eigenvalue weighted by Gasteiger charge is -2.10. The average Bonchev–Trinajstić information content (AvgIpc) is 2.88. The van der Waals surface area contributed by atoms with E-state index >= 15 is 0 Å². The quantitative estimate of drug-likeness (QED) is 0.760. The van der Waals surface area contributed by atoms with Gasteiger partial charge >= 0.3 is 0 Å². The van der Waals surface area contributed by atoms with Crippen LogP contribution in [0.1, 0.15) is 24.5 Å². The van der Waals surface area contributed by atoms with Gasteiger partial charge in [0, 0.05) is 18.2 Å². The molecule has 0 aliphatic heterocycles. The van der Waals surface area contributed by atoms with Crippen LogP contribution >= 0.6 is 0 Å². The summed E-state index contributed by atoms with van der Waals surface area (Å²) in [6.45, 7) is 2.60. The Morgan fingerprint density at radius 1 is 1.32 bits per heavy atom. The first-order valence-electron chi connectivity index (χ1n) is 7.29. The Balaban J connectivity index is 1.90. The van der Waals surface area contributed by atoms with E-state index in [0.717, 1.165) is 35.4 Å². The topological polar surface area (TPSA) is 68.2 Å². The number of fused-ring (bicyclic) bond motifs is 1. The number of nitrogens with zero attached hydrogens (tertiary/aromatic N) is 3. The number of rotatable bonds is 5. The summed E-state index contributed by atoms with van der Waals surface area (Å²) in [5.41, 5.74) is 8.58. The minimum Gasteiger partial charge on any atom is -0.384 e. The lowest BCUT2D eigenvalue weighted by atomic mass is 10.2. The Labute approximate surface area is 128 Å². The third kappa shape index (κ3) is 2.86. The van der Waals surface area contributed by atoms with E-state index in [0.29, 0.717) is 12.4 Å². The molecule has 3 aromatic rings. The van der Waals surface area contributed by atoms with Gasteiger partial charge < -0.3 is 11.1 Å². The fourth-order valence-corrected chi connectivity index (χ4v) is 2.44. The molecule has 0 saturated heterocycles. The average molecular weight is 299 g/mol. The summed E-state index contributed by atoms with van der Waals surface area (Å²) in [4.78, 5) is 4.36. The summed E-state index contributed by atoms with van der Waals surface area (Å²) >= 11 is 0. The maximum absolute atomic E-state index is 13.2. The second-order valence-corrected chi connectivity index (χ2v) is 5.20. The van der Waals surface area contributed by atoms with Crippen molar-refractivity contribution in [2.45, 2.75) is 26.3 Å². The fraction of sp³-hybridized carbons (Fsp3) is 0.250. The first-order chi connectivity index (χ1) is 10.7. The maximum atomic E-state index is 13.2. The highest BCUT2D eigenvalue weighted by Gasteiger charge is 2.10. The maximum Gasteiger partial charge on any atom is 0.162 e. The van der Waals surface area contributed by atoms with Crippen LogP contribution in [-0.2, 0) is 13.0 Å². The second-order valence-electron chi connectivity index (χ2n) is 5.20. The van der Waals surface area contributed by atoms with Crippen LogP contribution in [0.4, 0.5) is 16.0 Å². The monoisotopic (exact) mass is 299 g/mol. The minimum atomic E-state index is -0.247. The number of benzene rings is 1. The zero-order chi connectivity index (χ0) is 15.5. The van der Waals surface area contributed by atoms with Gasteiger partial charge in [0.1, 0.15) is 17.5 Å². The highest BCUT2D eigenvalue weighted by atomic mass is 19.1. The summed E-state index contributed by atoms with van der Waals surface area (Å²) in [7, 11) is 0. The standard InChI is InChI=1S/C16H18FN5/c1-2-4-12-10-20-22-15(8-14(18)21-16(12)22)19-9-11-5-3-6-13(17)7-11/h3,5-8,10,19H,2,4,9H2,1H3,(H2,18,21). The van der Waals surface area contributed by atoms with Gasteiger partial charge in [0.05, 0.1) is 6.20 Å². The zero-order valence-corrected chi connectivity index (χ0v) is 12.4. The molecule has 1 aromatic carbocycles. The number of hydrogen-bond acceptors (Lipinski definition) is 4. The molecule has 0 radical (unpaired) electrons. The molecule has 0 bridgehead atoms. The molecule has 0 aliphatic rings. The van der Waals surface area contributed by atoms with E-state index in [2.05, 4.69) is 22.3 Å². The second kappa shape index (κ2) is 6.01. The van der Waals surface area contributed by atoms with Crippen LogP contribution in [-0.4, -0.2) is 14.6 Å². The third-order valence-corrected chi connectivity index (χ3v) is 3.45. The molecule has 0 unspecified atom stereocenters. The van der Waals surface area contributed by atoms with Crippen LogP contribution in [0.25, 0.3) is 5.65 Å². The molecule has 2 heterocycles. The number of nitrogens with two attached hydrogens (primary N) is 1. The molecule has 0 fully saturated rings. The van der Waals surface area contributed by atoms with E-state index in [1.54, 1.807) is 16.6 Å². The number of nitrogen functional groups attached to an aromatic ring is 1. The third-order valence-electron chi connectivity index (χ3n) is 3.45. The lowest BCUT2D eigenvalue weighted by molar-refractivity contribution is 0.626. The molecule has 0 amide bonds. The van der Waals surface area contributed by atoms with Gasteiger partial charge in [-0.25, -0.2) is 9.37 Å². The predicted molar refractivity (Wildman–Crippen MR) is 85.1 cm³/mol. The summed E-state index contributed by atoms with van der Waals surface area (Å²) in [5, 5.41) is 7.61. The van der Waals surface area contributed by atoms with Crippen molar-refractivity contribution in [3.8, 4) is 0 Å². The molecule has 0 aliphatic carbocycles. The van der Waals surface area contributed by atoms with Gasteiger partial charge in [-0.2, -0.15) is 9.61 Å². The van der Waals surface area contributed by atoms with Crippen LogP contribution < -0.4 is 11.1 Å². The van der Waals surface area contributed by atoms with Gasteiger partial charge in [-0.15, -0.1) is 0 Å². The van der Waals surface area contributed by atoms with E-state index in [1.807, 2.05) is 12.3 Å². The molecule has 2 aromatic heterocycles. The van der Waals surface area contributed by atoms with Crippen LogP contribution in [0, 0.1) is 5.82 Å². The number of halogens is 1. The highest BCUT2D eigenvalue weighted by molar-refractivity contribution is 5.59. The zero-order valence-electron chi connectivity index (χ0n) is 12.4. The number of anilines is 2. The van der Waals surface area contributed by atoms with E-state index in [4.69, 9.17) is 5.73 Å². The molecule has 3 N–H and O–H groups in total. The Morgan fingerprint density at radius 3 is 2.95 bits per heavy atom. The number of hydrogen-bond donors (Lipinski definition) is 2. The Kier molecular flexibility index (Phi) is 3.91. The smallest absolute Gasteiger partial charge is 0.162 e. The minimum absolute atomic E-state index is 0.247. The van der Waals surface area contributed by atoms with Crippen molar-refractivity contribution >= 4 is 17.3 Å². The van der Waals surface area contributed by atoms with Crippen LogP contribution in [0.3, 0.4) is 0 Å². The van der Waals surface area contributed by atoms with Crippen LogP contribution in [0.15, 0.2) is 36.5 Å². The van der Waals surface area contributed by atoms with Crippen molar-refractivity contribution in [1.82, 2.24) is 14.6 Å². The molecule has 6 heteroatoms. The fourth-order valence-electron chi connectivity index (χ4n) is 2.44. The van der Waals surface area contributed by atoms with Crippen LogP contribution in [0.2, 0.25) is 0 Å². The largest absolute Gasteiger partial charge is 0.384 e. The van der Waals surface area contributed by atoms with Crippen LogP contribution in [0.5, 0.6) is 0 Å². The normalized spacial score (nSPS) is 11.0. The number of nitrogens with one attached hydrogen (secondary N) is 1. The van der Waals surface area contributed by atoms with Crippen molar-refractivity contribution in [2.24, 2.45) is 0 Å². The van der Waals surface area contributed by atoms with Crippen molar-refractivity contribution in [3.63, 3.8) is 0 Å². The van der Waals surface area contributed by atoms with Gasteiger partial charge in [-0.3, -0.25) is 0 Å². The lowest BCUT2D eigenvalue weighted by Crippen LogP contribution is -2.08. The number of aryl methyl sites for hydroxylation is 1. The Morgan fingerprint density at radius 2 is 2.18 bits per heavy atom. The molecular weight excluding hydrogens is 281 g/mol. The molecule has 0 saturated carbocycles. The highest BCUT2D eigenvalue weighted by Crippen LogP contribution is 2.19. The predicted octanol–water partition coefficient (Wildman–Crippen LogP) is 3.02. The van der Waals surface area contributed by atoms with E-state index < -0.39 is 0 Å². The summed E-state index contributed by atoms with van der Waals surface area (Å²) in [5.74, 6) is 0.934. The van der Waals surface area contributed by atoms with Gasteiger partial charge in [0.2, 0.25) is 0 Å². The molecule has 114 valence electrons. The molecule has 22 heavy (non-hydrogen) atoms. The SMILES string of the molecule is CCCc1cnn2c(NCc3cccc(F)c3)cc(N)nc12. The molecule has 0 atom stereocenters. The van der Waals surface area contributed by atoms with Gasteiger partial charge in [-0.1, -0.05) is 25.5 Å². The summed E-state index contributed by atoms with van der Waals surface area (Å²) < 4.78 is 15.0. The molecule has 5 nitrogen and oxygen atoms in total.